The van der Waals surface area contributed by atoms with Crippen LogP contribution in [0.3, 0.4) is 0 Å². The Morgan fingerprint density at radius 3 is 3.05 bits per heavy atom. The van der Waals surface area contributed by atoms with Crippen molar-refractivity contribution in [2.24, 2.45) is 0 Å². The first-order chi connectivity index (χ1) is 10.8. The van der Waals surface area contributed by atoms with E-state index in [9.17, 15) is 0 Å². The van der Waals surface area contributed by atoms with Gasteiger partial charge < -0.3 is 5.32 Å². The number of aryl methyl sites for hydroxylation is 1. The predicted octanol–water partition coefficient (Wildman–Crippen LogP) is 3.48. The fourth-order valence-corrected chi connectivity index (χ4v) is 4.07. The highest BCUT2D eigenvalue weighted by Crippen LogP contribution is 2.27. The third-order valence-corrected chi connectivity index (χ3v) is 5.26. The van der Waals surface area contributed by atoms with Crippen molar-refractivity contribution >= 4 is 22.5 Å². The third kappa shape index (κ3) is 2.55. The minimum absolute atomic E-state index is 0.533. The lowest BCUT2D eigenvalue weighted by Crippen LogP contribution is -2.36. The fraction of sp³-hybridized carbons (Fsp3) is 0.412. The maximum Gasteiger partial charge on any atom is 0.165 e. The number of rotatable bonds is 3. The summed E-state index contributed by atoms with van der Waals surface area (Å²) >= 11 is 1.80. The Morgan fingerprint density at radius 2 is 2.27 bits per heavy atom. The molecule has 0 aromatic carbocycles. The Kier molecular flexibility index (Phi) is 3.68. The molecular weight excluding hydrogens is 292 g/mol. The van der Waals surface area contributed by atoms with Crippen LogP contribution in [0.4, 0.5) is 0 Å². The monoisotopic (exact) mass is 312 g/mol. The van der Waals surface area contributed by atoms with Gasteiger partial charge >= 0.3 is 0 Å². The smallest absolute Gasteiger partial charge is 0.165 e. The van der Waals surface area contributed by atoms with Gasteiger partial charge in [0.2, 0.25) is 0 Å². The van der Waals surface area contributed by atoms with Crippen LogP contribution in [0, 0.1) is 6.92 Å². The number of hydrogen-bond donors (Lipinski definition) is 1. The lowest BCUT2D eigenvalue weighted by atomic mass is 10.0. The van der Waals surface area contributed by atoms with E-state index in [0.717, 1.165) is 30.0 Å². The standard InChI is InChI=1S/C17H20N4S/c1-12-7-8-16(22-12)21-15(11-13-5-2-3-9-18-13)20-14-6-4-10-19-17(14)21/h4,6-8,10,13,18H,2-3,5,9,11H2,1H3. The quantitative estimate of drug-likeness (QED) is 0.805. The van der Waals surface area contributed by atoms with Crippen molar-refractivity contribution < 1.29 is 0 Å². The first-order valence-corrected chi connectivity index (χ1v) is 8.75. The number of hydrogen-bond acceptors (Lipinski definition) is 4. The van der Waals surface area contributed by atoms with E-state index in [2.05, 4.69) is 40.0 Å². The van der Waals surface area contributed by atoms with Crippen molar-refractivity contribution in [3.05, 3.63) is 41.2 Å². The number of thiophene rings is 1. The topological polar surface area (TPSA) is 42.7 Å². The van der Waals surface area contributed by atoms with Gasteiger partial charge in [0.25, 0.3) is 0 Å². The van der Waals surface area contributed by atoms with Gasteiger partial charge in [-0.2, -0.15) is 0 Å². The number of nitrogens with one attached hydrogen (secondary N) is 1. The predicted molar refractivity (Wildman–Crippen MR) is 90.8 cm³/mol. The summed E-state index contributed by atoms with van der Waals surface area (Å²) in [5.74, 6) is 1.12. The maximum absolute atomic E-state index is 4.86. The summed E-state index contributed by atoms with van der Waals surface area (Å²) in [6, 6.07) is 8.88. The average molecular weight is 312 g/mol. The van der Waals surface area contributed by atoms with Crippen LogP contribution in [0.1, 0.15) is 30.0 Å². The molecule has 4 heterocycles. The highest BCUT2D eigenvalue weighted by molar-refractivity contribution is 7.14. The Bertz CT molecular complexity index is 783. The van der Waals surface area contributed by atoms with E-state index < -0.39 is 0 Å². The molecule has 4 nitrogen and oxygen atoms in total. The molecule has 0 radical (unpaired) electrons. The number of aromatic nitrogens is 3. The van der Waals surface area contributed by atoms with Crippen molar-refractivity contribution in [2.45, 2.75) is 38.6 Å². The first kappa shape index (κ1) is 13.9. The van der Waals surface area contributed by atoms with Gasteiger partial charge in [-0.15, -0.1) is 11.3 Å². The van der Waals surface area contributed by atoms with Crippen LogP contribution in [0.25, 0.3) is 16.2 Å². The van der Waals surface area contributed by atoms with E-state index in [4.69, 9.17) is 4.98 Å². The minimum atomic E-state index is 0.533. The lowest BCUT2D eigenvalue weighted by molar-refractivity contribution is 0.393. The van der Waals surface area contributed by atoms with E-state index in [1.807, 2.05) is 12.3 Å². The van der Waals surface area contributed by atoms with E-state index in [0.29, 0.717) is 6.04 Å². The summed E-state index contributed by atoms with van der Waals surface area (Å²) in [4.78, 5) is 10.7. The fourth-order valence-electron chi connectivity index (χ4n) is 3.19. The summed E-state index contributed by atoms with van der Waals surface area (Å²) in [7, 11) is 0. The molecule has 22 heavy (non-hydrogen) atoms. The second kappa shape index (κ2) is 5.82. The van der Waals surface area contributed by atoms with Crippen LogP contribution < -0.4 is 5.32 Å². The zero-order valence-corrected chi connectivity index (χ0v) is 13.6. The summed E-state index contributed by atoms with van der Waals surface area (Å²) in [5.41, 5.74) is 1.95. The van der Waals surface area contributed by atoms with Crippen LogP contribution in [0.5, 0.6) is 0 Å². The molecule has 0 bridgehead atoms. The summed E-state index contributed by atoms with van der Waals surface area (Å²) in [5, 5.41) is 4.84. The number of pyridine rings is 1. The highest BCUT2D eigenvalue weighted by Gasteiger charge is 2.20. The lowest BCUT2D eigenvalue weighted by Gasteiger charge is -2.23. The molecule has 0 spiro atoms. The molecule has 0 amide bonds. The molecule has 0 saturated carbocycles. The van der Waals surface area contributed by atoms with E-state index in [1.165, 1.54) is 29.1 Å². The van der Waals surface area contributed by atoms with Crippen LogP contribution in [0.2, 0.25) is 0 Å². The normalized spacial score (nSPS) is 18.9. The van der Waals surface area contributed by atoms with E-state index in [-0.39, 0.29) is 0 Å². The molecule has 1 N–H and O–H groups in total. The molecule has 4 rings (SSSR count). The summed E-state index contributed by atoms with van der Waals surface area (Å²) in [6.07, 6.45) is 6.66. The van der Waals surface area contributed by atoms with Crippen LogP contribution >= 0.6 is 11.3 Å². The summed E-state index contributed by atoms with van der Waals surface area (Å²) in [6.45, 7) is 3.27. The molecule has 5 heteroatoms. The van der Waals surface area contributed by atoms with Crippen LogP contribution in [0.15, 0.2) is 30.5 Å². The first-order valence-electron chi connectivity index (χ1n) is 7.94. The van der Waals surface area contributed by atoms with Gasteiger partial charge in [-0.3, -0.25) is 4.57 Å². The second-order valence-electron chi connectivity index (χ2n) is 5.94. The number of piperidine rings is 1. The Balaban J connectivity index is 1.79. The number of imidazole rings is 1. The van der Waals surface area contributed by atoms with Gasteiger partial charge in [0.15, 0.2) is 5.65 Å². The number of nitrogens with zero attached hydrogens (tertiary/aromatic N) is 3. The van der Waals surface area contributed by atoms with Gasteiger partial charge in [-0.05, 0) is 50.6 Å². The largest absolute Gasteiger partial charge is 0.314 e. The Labute approximate surface area is 134 Å². The van der Waals surface area contributed by atoms with Gasteiger partial charge in [0.1, 0.15) is 16.3 Å². The Hall–Kier alpha value is -1.72. The van der Waals surface area contributed by atoms with Gasteiger partial charge in [-0.1, -0.05) is 6.42 Å². The SMILES string of the molecule is Cc1ccc(-n2c(CC3CCCCN3)nc3cccnc32)s1. The molecule has 1 atom stereocenters. The van der Waals surface area contributed by atoms with Gasteiger partial charge in [-0.25, -0.2) is 9.97 Å². The van der Waals surface area contributed by atoms with Crippen molar-refractivity contribution in [3.63, 3.8) is 0 Å². The maximum atomic E-state index is 4.86. The van der Waals surface area contributed by atoms with Crippen molar-refractivity contribution in [3.8, 4) is 5.00 Å². The molecule has 1 unspecified atom stereocenters. The molecule has 114 valence electrons. The Morgan fingerprint density at radius 1 is 1.32 bits per heavy atom. The molecule has 0 aliphatic carbocycles. The van der Waals surface area contributed by atoms with Gasteiger partial charge in [0.05, 0.1) is 0 Å². The molecule has 1 aliphatic rings. The van der Waals surface area contributed by atoms with Crippen molar-refractivity contribution in [1.29, 1.82) is 0 Å². The van der Waals surface area contributed by atoms with E-state index in [1.54, 1.807) is 11.3 Å². The molecule has 3 aromatic heterocycles. The van der Waals surface area contributed by atoms with Gasteiger partial charge in [0, 0.05) is 23.5 Å². The van der Waals surface area contributed by atoms with Crippen molar-refractivity contribution in [1.82, 2.24) is 19.9 Å². The number of fused-ring (bicyclic) bond motifs is 1. The second-order valence-corrected chi connectivity index (χ2v) is 7.21. The third-order valence-electron chi connectivity index (χ3n) is 4.27. The zero-order valence-electron chi connectivity index (χ0n) is 12.7. The zero-order chi connectivity index (χ0) is 14.9. The molecule has 1 aliphatic heterocycles. The average Bonchev–Trinajstić information content (AvgIpc) is 3.11. The highest BCUT2D eigenvalue weighted by atomic mass is 32.1. The van der Waals surface area contributed by atoms with Crippen molar-refractivity contribution in [2.75, 3.05) is 6.54 Å². The molecule has 3 aromatic rings. The summed E-state index contributed by atoms with van der Waals surface area (Å²) < 4.78 is 2.24. The molecular formula is C17H20N4S. The minimum Gasteiger partial charge on any atom is -0.314 e. The molecule has 1 fully saturated rings. The van der Waals surface area contributed by atoms with Crippen LogP contribution in [-0.2, 0) is 6.42 Å². The molecule has 1 saturated heterocycles. The van der Waals surface area contributed by atoms with Crippen LogP contribution in [-0.4, -0.2) is 27.1 Å². The van der Waals surface area contributed by atoms with E-state index >= 15 is 0 Å².